The minimum absolute atomic E-state index is 0.718. The van der Waals surface area contributed by atoms with Gasteiger partial charge in [-0.2, -0.15) is 0 Å². The maximum Gasteiger partial charge on any atom is 0.122 e. The van der Waals surface area contributed by atoms with Crippen molar-refractivity contribution in [2.24, 2.45) is 10.9 Å². The fraction of sp³-hybridized carbons (Fsp3) is 0.500. The predicted molar refractivity (Wildman–Crippen MR) is 85.5 cm³/mol. The molecule has 0 saturated carbocycles. The van der Waals surface area contributed by atoms with Crippen molar-refractivity contribution in [2.45, 2.75) is 45.4 Å². The van der Waals surface area contributed by atoms with E-state index in [1.165, 1.54) is 31.2 Å². The maximum atomic E-state index is 5.80. The van der Waals surface area contributed by atoms with Gasteiger partial charge in [-0.05, 0) is 43.7 Å². The van der Waals surface area contributed by atoms with Crippen molar-refractivity contribution in [2.75, 3.05) is 6.61 Å². The average Bonchev–Trinajstić information content (AvgIpc) is 2.49. The summed E-state index contributed by atoms with van der Waals surface area (Å²) < 4.78 is 5.80. The van der Waals surface area contributed by atoms with Crippen molar-refractivity contribution in [3.63, 3.8) is 0 Å². The smallest absolute Gasteiger partial charge is 0.122 e. The van der Waals surface area contributed by atoms with E-state index in [1.54, 1.807) is 0 Å². The summed E-state index contributed by atoms with van der Waals surface area (Å²) in [7, 11) is 0. The standard InChI is InChI=1S/C18H25NO/c1-16-8-5-6-10-18(16)20-15-7-3-2-4-9-17-11-13-19-14-12-17/h5-6,8,10-11,13-14,17H,2-4,7,9,12,15H2,1H3. The molecule has 1 heterocycles. The van der Waals surface area contributed by atoms with Crippen LogP contribution in [0.2, 0.25) is 0 Å². The van der Waals surface area contributed by atoms with Crippen LogP contribution in [-0.2, 0) is 0 Å². The lowest BCUT2D eigenvalue weighted by Crippen LogP contribution is -2.01. The molecule has 1 unspecified atom stereocenters. The van der Waals surface area contributed by atoms with Crippen molar-refractivity contribution in [3.8, 4) is 5.75 Å². The minimum Gasteiger partial charge on any atom is -0.493 e. The number of hydrogen-bond acceptors (Lipinski definition) is 2. The predicted octanol–water partition coefficient (Wildman–Crippen LogP) is 4.93. The SMILES string of the molecule is Cc1ccccc1OCCCCCCC1C=CN=CC1. The molecule has 0 bridgehead atoms. The molecule has 1 aromatic carbocycles. The Kier molecular flexibility index (Phi) is 6.36. The molecule has 108 valence electrons. The van der Waals surface area contributed by atoms with Crippen LogP contribution in [0.5, 0.6) is 5.75 Å². The molecular weight excluding hydrogens is 246 g/mol. The summed E-state index contributed by atoms with van der Waals surface area (Å²) in [4.78, 5) is 4.11. The van der Waals surface area contributed by atoms with Gasteiger partial charge in [-0.15, -0.1) is 0 Å². The zero-order chi connectivity index (χ0) is 14.0. The van der Waals surface area contributed by atoms with Gasteiger partial charge in [-0.25, -0.2) is 0 Å². The van der Waals surface area contributed by atoms with Crippen LogP contribution < -0.4 is 4.74 Å². The number of rotatable bonds is 8. The lowest BCUT2D eigenvalue weighted by Gasteiger charge is -2.12. The molecule has 0 amide bonds. The molecule has 2 nitrogen and oxygen atoms in total. The highest BCUT2D eigenvalue weighted by molar-refractivity contribution is 5.60. The highest BCUT2D eigenvalue weighted by Crippen LogP contribution is 2.18. The van der Waals surface area contributed by atoms with Crippen LogP contribution in [0.4, 0.5) is 0 Å². The molecular formula is C18H25NO. The van der Waals surface area contributed by atoms with E-state index >= 15 is 0 Å². The summed E-state index contributed by atoms with van der Waals surface area (Å²) in [5, 5.41) is 0. The summed E-state index contributed by atoms with van der Waals surface area (Å²) in [6, 6.07) is 8.22. The van der Waals surface area contributed by atoms with Crippen molar-refractivity contribution in [3.05, 3.63) is 42.1 Å². The van der Waals surface area contributed by atoms with E-state index < -0.39 is 0 Å². The Labute approximate surface area is 122 Å². The number of hydrogen-bond donors (Lipinski definition) is 0. The van der Waals surface area contributed by atoms with Crippen LogP contribution in [0.25, 0.3) is 0 Å². The van der Waals surface area contributed by atoms with Gasteiger partial charge < -0.3 is 4.74 Å². The zero-order valence-electron chi connectivity index (χ0n) is 12.4. The first-order valence-corrected chi connectivity index (χ1v) is 7.73. The molecule has 0 fully saturated rings. The fourth-order valence-corrected chi connectivity index (χ4v) is 2.48. The third kappa shape index (κ3) is 5.20. The average molecular weight is 271 g/mol. The van der Waals surface area contributed by atoms with Gasteiger partial charge in [0, 0.05) is 12.4 Å². The van der Waals surface area contributed by atoms with Crippen LogP contribution in [0.15, 0.2) is 41.5 Å². The molecule has 0 aromatic heterocycles. The summed E-state index contributed by atoms with van der Waals surface area (Å²) >= 11 is 0. The Morgan fingerprint density at radius 3 is 2.80 bits per heavy atom. The van der Waals surface area contributed by atoms with Gasteiger partial charge in [0.05, 0.1) is 6.61 Å². The lowest BCUT2D eigenvalue weighted by molar-refractivity contribution is 0.302. The van der Waals surface area contributed by atoms with E-state index in [4.69, 9.17) is 4.74 Å². The largest absolute Gasteiger partial charge is 0.493 e. The van der Waals surface area contributed by atoms with Crippen molar-refractivity contribution in [1.29, 1.82) is 0 Å². The molecule has 0 radical (unpaired) electrons. The minimum atomic E-state index is 0.718. The van der Waals surface area contributed by atoms with Crippen LogP contribution in [0, 0.1) is 12.8 Å². The van der Waals surface area contributed by atoms with Gasteiger partial charge in [0.1, 0.15) is 5.75 Å². The number of ether oxygens (including phenoxy) is 1. The van der Waals surface area contributed by atoms with E-state index in [2.05, 4.69) is 24.1 Å². The molecule has 0 saturated heterocycles. The number of para-hydroxylation sites is 1. The summed E-state index contributed by atoms with van der Waals surface area (Å²) in [6.07, 6.45) is 13.6. The molecule has 1 aromatic rings. The zero-order valence-corrected chi connectivity index (χ0v) is 12.4. The van der Waals surface area contributed by atoms with Crippen molar-refractivity contribution in [1.82, 2.24) is 0 Å². The van der Waals surface area contributed by atoms with Crippen LogP contribution in [0.3, 0.4) is 0 Å². The second-order valence-electron chi connectivity index (χ2n) is 5.49. The molecule has 20 heavy (non-hydrogen) atoms. The summed E-state index contributed by atoms with van der Waals surface area (Å²) in [5.41, 5.74) is 1.22. The monoisotopic (exact) mass is 271 g/mol. The van der Waals surface area contributed by atoms with Crippen molar-refractivity contribution < 1.29 is 4.74 Å². The second-order valence-corrected chi connectivity index (χ2v) is 5.49. The first-order chi connectivity index (χ1) is 9.86. The molecule has 2 heteroatoms. The van der Waals surface area contributed by atoms with Gasteiger partial charge in [0.25, 0.3) is 0 Å². The normalized spacial score (nSPS) is 17.4. The molecule has 0 spiro atoms. The van der Waals surface area contributed by atoms with Crippen molar-refractivity contribution >= 4 is 6.21 Å². The van der Waals surface area contributed by atoms with E-state index in [0.717, 1.165) is 31.1 Å². The number of allylic oxidation sites excluding steroid dienone is 1. The Morgan fingerprint density at radius 1 is 1.15 bits per heavy atom. The first kappa shape index (κ1) is 14.8. The number of aliphatic imine (C=N–C) groups is 1. The molecule has 0 aliphatic carbocycles. The topological polar surface area (TPSA) is 21.6 Å². The van der Waals surface area contributed by atoms with Gasteiger partial charge in [-0.1, -0.05) is 43.5 Å². The summed E-state index contributed by atoms with van der Waals surface area (Å²) in [6.45, 7) is 2.93. The maximum absolute atomic E-state index is 5.80. The third-order valence-electron chi connectivity index (χ3n) is 3.78. The highest BCUT2D eigenvalue weighted by atomic mass is 16.5. The second kappa shape index (κ2) is 8.57. The number of unbranched alkanes of at least 4 members (excludes halogenated alkanes) is 3. The van der Waals surface area contributed by atoms with Crippen LogP contribution in [0.1, 0.15) is 44.1 Å². The van der Waals surface area contributed by atoms with Crippen LogP contribution in [-0.4, -0.2) is 12.8 Å². The fourth-order valence-electron chi connectivity index (χ4n) is 2.48. The summed E-state index contributed by atoms with van der Waals surface area (Å²) in [5.74, 6) is 1.75. The lowest BCUT2D eigenvalue weighted by atomic mass is 9.97. The number of aryl methyl sites for hydroxylation is 1. The van der Waals surface area contributed by atoms with Crippen LogP contribution >= 0.6 is 0 Å². The van der Waals surface area contributed by atoms with Gasteiger partial charge in [-0.3, -0.25) is 4.99 Å². The molecule has 1 atom stereocenters. The highest BCUT2D eigenvalue weighted by Gasteiger charge is 2.05. The quantitative estimate of drug-likeness (QED) is 0.614. The van der Waals surface area contributed by atoms with Gasteiger partial charge in [0.2, 0.25) is 0 Å². The Balaban J connectivity index is 1.49. The molecule has 1 aliphatic heterocycles. The number of nitrogens with zero attached hydrogens (tertiary/aromatic N) is 1. The van der Waals surface area contributed by atoms with E-state index in [-0.39, 0.29) is 0 Å². The van der Waals surface area contributed by atoms with Gasteiger partial charge in [0.15, 0.2) is 0 Å². The third-order valence-corrected chi connectivity index (χ3v) is 3.78. The Bertz CT molecular complexity index is 450. The van der Waals surface area contributed by atoms with Gasteiger partial charge >= 0.3 is 0 Å². The Hall–Kier alpha value is -1.57. The molecule has 0 N–H and O–H groups in total. The molecule has 1 aliphatic rings. The molecule has 2 rings (SSSR count). The van der Waals surface area contributed by atoms with E-state index in [9.17, 15) is 0 Å². The van der Waals surface area contributed by atoms with E-state index in [0.29, 0.717) is 0 Å². The Morgan fingerprint density at radius 2 is 2.00 bits per heavy atom. The number of benzene rings is 1. The first-order valence-electron chi connectivity index (χ1n) is 7.73. The van der Waals surface area contributed by atoms with E-state index in [1.807, 2.05) is 30.6 Å².